The van der Waals surface area contributed by atoms with Crippen LogP contribution >= 0.6 is 0 Å². The number of hydrogen-bond acceptors (Lipinski definition) is 2. The number of rotatable bonds is 4. The second kappa shape index (κ2) is 5.60. The van der Waals surface area contributed by atoms with E-state index in [1.54, 1.807) is 13.0 Å². The molecule has 2 nitrogen and oxygen atoms in total. The van der Waals surface area contributed by atoms with Crippen LogP contribution in [0.15, 0.2) is 46.9 Å². The third kappa shape index (κ3) is 2.64. The summed E-state index contributed by atoms with van der Waals surface area (Å²) < 4.78 is 19.2. The molecule has 0 saturated heterocycles. The smallest absolute Gasteiger partial charge is 0.134 e. The first-order valence-corrected chi connectivity index (χ1v) is 7.18. The van der Waals surface area contributed by atoms with E-state index in [-0.39, 0.29) is 5.82 Å². The van der Waals surface area contributed by atoms with Gasteiger partial charge in [-0.2, -0.15) is 0 Å². The first-order valence-electron chi connectivity index (χ1n) is 7.18. The highest BCUT2D eigenvalue weighted by Gasteiger charge is 2.12. The van der Waals surface area contributed by atoms with Gasteiger partial charge >= 0.3 is 0 Å². The number of fused-ring (bicyclic) bond motifs is 1. The van der Waals surface area contributed by atoms with E-state index >= 15 is 0 Å². The molecule has 1 N–H and O–H groups in total. The summed E-state index contributed by atoms with van der Waals surface area (Å²) in [6.45, 7) is 4.53. The van der Waals surface area contributed by atoms with E-state index in [0.29, 0.717) is 12.1 Å². The molecule has 0 aliphatic heterocycles. The lowest BCUT2D eigenvalue weighted by Gasteiger charge is -2.08. The highest BCUT2D eigenvalue weighted by Crippen LogP contribution is 2.27. The number of aryl methyl sites for hydroxylation is 2. The third-order valence-corrected chi connectivity index (χ3v) is 3.73. The molecule has 1 heterocycles. The zero-order valence-electron chi connectivity index (χ0n) is 12.2. The monoisotopic (exact) mass is 283 g/mol. The molecule has 2 aromatic carbocycles. The zero-order chi connectivity index (χ0) is 14.8. The molecule has 0 aliphatic carbocycles. The van der Waals surface area contributed by atoms with Crippen LogP contribution in [0.1, 0.15) is 23.8 Å². The molecular formula is C18H18FNO. The van der Waals surface area contributed by atoms with Gasteiger partial charge < -0.3 is 9.73 Å². The van der Waals surface area contributed by atoms with Crippen LogP contribution < -0.4 is 5.32 Å². The molecule has 0 bridgehead atoms. The van der Waals surface area contributed by atoms with Gasteiger partial charge in [0, 0.05) is 29.6 Å². The van der Waals surface area contributed by atoms with E-state index in [0.717, 1.165) is 28.8 Å². The van der Waals surface area contributed by atoms with Gasteiger partial charge in [-0.25, -0.2) is 4.39 Å². The third-order valence-electron chi connectivity index (χ3n) is 3.73. The molecule has 3 rings (SSSR count). The standard InChI is InChI=1S/C18H18FNO/c1-3-17-15(14-6-4-5-7-18(14)21-17)11-20-13-8-9-16(19)12(2)10-13/h4-10,20H,3,11H2,1-2H3. The fraction of sp³-hybridized carbons (Fsp3) is 0.222. The van der Waals surface area contributed by atoms with Crippen molar-refractivity contribution < 1.29 is 8.81 Å². The van der Waals surface area contributed by atoms with Crippen molar-refractivity contribution in [3.63, 3.8) is 0 Å². The number of furan rings is 1. The summed E-state index contributed by atoms with van der Waals surface area (Å²) in [6, 6.07) is 13.1. The average molecular weight is 283 g/mol. The van der Waals surface area contributed by atoms with Gasteiger partial charge in [-0.1, -0.05) is 25.1 Å². The SMILES string of the molecule is CCc1oc2ccccc2c1CNc1ccc(F)c(C)c1. The largest absolute Gasteiger partial charge is 0.461 e. The quantitative estimate of drug-likeness (QED) is 0.724. The van der Waals surface area contributed by atoms with E-state index in [2.05, 4.69) is 18.3 Å². The van der Waals surface area contributed by atoms with Gasteiger partial charge in [-0.05, 0) is 36.8 Å². The Kier molecular flexibility index (Phi) is 3.65. The lowest BCUT2D eigenvalue weighted by atomic mass is 10.1. The number of nitrogens with one attached hydrogen (secondary N) is 1. The van der Waals surface area contributed by atoms with Crippen molar-refractivity contribution in [3.05, 3.63) is 65.2 Å². The van der Waals surface area contributed by atoms with Crippen LogP contribution in [0.3, 0.4) is 0 Å². The van der Waals surface area contributed by atoms with E-state index in [4.69, 9.17) is 4.42 Å². The van der Waals surface area contributed by atoms with Gasteiger partial charge in [0.05, 0.1) is 0 Å². The summed E-state index contributed by atoms with van der Waals surface area (Å²) in [7, 11) is 0. The Labute approximate surface area is 123 Å². The zero-order valence-corrected chi connectivity index (χ0v) is 12.2. The van der Waals surface area contributed by atoms with Crippen LogP contribution in [0.5, 0.6) is 0 Å². The normalized spacial score (nSPS) is 11.0. The highest BCUT2D eigenvalue weighted by atomic mass is 19.1. The van der Waals surface area contributed by atoms with Crippen molar-refractivity contribution in [2.24, 2.45) is 0 Å². The van der Waals surface area contributed by atoms with Gasteiger partial charge in [-0.3, -0.25) is 0 Å². The predicted octanol–water partition coefficient (Wildman–Crippen LogP) is 5.05. The van der Waals surface area contributed by atoms with Crippen LogP contribution in [0.2, 0.25) is 0 Å². The van der Waals surface area contributed by atoms with Crippen molar-refractivity contribution in [2.45, 2.75) is 26.8 Å². The fourth-order valence-electron chi connectivity index (χ4n) is 2.57. The Morgan fingerprint density at radius 1 is 1.14 bits per heavy atom. The highest BCUT2D eigenvalue weighted by molar-refractivity contribution is 5.82. The van der Waals surface area contributed by atoms with Gasteiger partial charge in [0.15, 0.2) is 0 Å². The Hall–Kier alpha value is -2.29. The van der Waals surface area contributed by atoms with Crippen molar-refractivity contribution in [3.8, 4) is 0 Å². The minimum absolute atomic E-state index is 0.177. The maximum atomic E-state index is 13.3. The van der Waals surface area contributed by atoms with E-state index in [1.165, 1.54) is 11.6 Å². The molecule has 1 aromatic heterocycles. The van der Waals surface area contributed by atoms with E-state index < -0.39 is 0 Å². The minimum atomic E-state index is -0.177. The Balaban J connectivity index is 1.89. The van der Waals surface area contributed by atoms with Gasteiger partial charge in [-0.15, -0.1) is 0 Å². The number of halogens is 1. The maximum Gasteiger partial charge on any atom is 0.134 e. The van der Waals surface area contributed by atoms with Crippen molar-refractivity contribution in [1.82, 2.24) is 0 Å². The van der Waals surface area contributed by atoms with Crippen LogP contribution in [-0.2, 0) is 13.0 Å². The molecule has 0 spiro atoms. The fourth-order valence-corrected chi connectivity index (χ4v) is 2.57. The number of benzene rings is 2. The second-order valence-electron chi connectivity index (χ2n) is 5.17. The molecule has 0 amide bonds. The summed E-state index contributed by atoms with van der Waals surface area (Å²) in [5.74, 6) is 0.825. The van der Waals surface area contributed by atoms with E-state index in [1.807, 2.05) is 24.3 Å². The summed E-state index contributed by atoms with van der Waals surface area (Å²) in [4.78, 5) is 0. The maximum absolute atomic E-state index is 13.3. The van der Waals surface area contributed by atoms with Crippen molar-refractivity contribution in [1.29, 1.82) is 0 Å². The minimum Gasteiger partial charge on any atom is -0.461 e. The van der Waals surface area contributed by atoms with Crippen LogP contribution in [0.4, 0.5) is 10.1 Å². The first kappa shape index (κ1) is 13.7. The lowest BCUT2D eigenvalue weighted by Crippen LogP contribution is -2.01. The Morgan fingerprint density at radius 2 is 1.95 bits per heavy atom. The molecular weight excluding hydrogens is 265 g/mol. The predicted molar refractivity (Wildman–Crippen MR) is 84.1 cm³/mol. The van der Waals surface area contributed by atoms with Crippen molar-refractivity contribution in [2.75, 3.05) is 5.32 Å². The summed E-state index contributed by atoms with van der Waals surface area (Å²) in [6.07, 6.45) is 0.855. The van der Waals surface area contributed by atoms with Gasteiger partial charge in [0.25, 0.3) is 0 Å². The summed E-state index contributed by atoms with van der Waals surface area (Å²) in [5, 5.41) is 4.49. The average Bonchev–Trinajstić information content (AvgIpc) is 2.86. The molecule has 0 aliphatic rings. The van der Waals surface area contributed by atoms with Gasteiger partial charge in [0.2, 0.25) is 0 Å². The van der Waals surface area contributed by atoms with Crippen LogP contribution in [-0.4, -0.2) is 0 Å². The molecule has 0 saturated carbocycles. The van der Waals surface area contributed by atoms with Gasteiger partial charge in [0.1, 0.15) is 17.2 Å². The molecule has 108 valence electrons. The van der Waals surface area contributed by atoms with Crippen LogP contribution in [0.25, 0.3) is 11.0 Å². The topological polar surface area (TPSA) is 25.2 Å². The molecule has 0 atom stereocenters. The molecule has 3 heteroatoms. The molecule has 21 heavy (non-hydrogen) atoms. The molecule has 0 fully saturated rings. The molecule has 0 unspecified atom stereocenters. The molecule has 0 radical (unpaired) electrons. The van der Waals surface area contributed by atoms with E-state index in [9.17, 15) is 4.39 Å². The Morgan fingerprint density at radius 3 is 2.71 bits per heavy atom. The summed E-state index contributed by atoms with van der Waals surface area (Å²) in [5.41, 5.74) is 3.66. The Bertz CT molecular complexity index is 776. The van der Waals surface area contributed by atoms with Crippen LogP contribution in [0, 0.1) is 12.7 Å². The first-order chi connectivity index (χ1) is 10.2. The number of hydrogen-bond donors (Lipinski definition) is 1. The second-order valence-corrected chi connectivity index (χ2v) is 5.17. The molecule has 3 aromatic rings. The number of para-hydroxylation sites is 1. The van der Waals surface area contributed by atoms with Crippen molar-refractivity contribution >= 4 is 16.7 Å². The lowest BCUT2D eigenvalue weighted by molar-refractivity contribution is 0.551. The summed E-state index contributed by atoms with van der Waals surface area (Å²) >= 11 is 0. The number of anilines is 1.